The number of benzene rings is 2. The van der Waals surface area contributed by atoms with Gasteiger partial charge in [0.1, 0.15) is 5.75 Å². The van der Waals surface area contributed by atoms with Crippen LogP contribution in [0.15, 0.2) is 48.9 Å². The van der Waals surface area contributed by atoms with Crippen molar-refractivity contribution in [2.24, 2.45) is 0 Å². The molecular formula is C24H26N6O2. The molecule has 2 aromatic carbocycles. The summed E-state index contributed by atoms with van der Waals surface area (Å²) in [5, 5.41) is 17.7. The maximum Gasteiger partial charge on any atom is 0.227 e. The second-order valence-corrected chi connectivity index (χ2v) is 8.12. The Bertz CT molecular complexity index is 1270. The van der Waals surface area contributed by atoms with Gasteiger partial charge < -0.3 is 20.1 Å². The molecule has 0 bridgehead atoms. The summed E-state index contributed by atoms with van der Waals surface area (Å²) < 4.78 is 7.37. The molecule has 0 saturated carbocycles. The average Bonchev–Trinajstić information content (AvgIpc) is 3.27. The van der Waals surface area contributed by atoms with Crippen molar-refractivity contribution in [1.29, 1.82) is 0 Å². The first-order valence-electron chi connectivity index (χ1n) is 10.7. The molecular weight excluding hydrogens is 404 g/mol. The lowest BCUT2D eigenvalue weighted by atomic mass is 9.99. The Morgan fingerprint density at radius 3 is 2.88 bits per heavy atom. The minimum absolute atomic E-state index is 0.0591. The molecule has 0 fully saturated rings. The third kappa shape index (κ3) is 4.02. The molecule has 2 aromatic heterocycles. The lowest BCUT2D eigenvalue weighted by Gasteiger charge is -2.26. The van der Waals surface area contributed by atoms with Crippen molar-refractivity contribution >= 4 is 22.5 Å². The number of methoxy groups -OCH3 is 1. The Morgan fingerprint density at radius 1 is 1.12 bits per heavy atom. The normalized spacial score (nSPS) is 13.8. The number of likely N-dealkylation sites (N-methyl/N-ethyl adjacent to an activating group) is 1. The van der Waals surface area contributed by atoms with Crippen LogP contribution in [0.5, 0.6) is 5.75 Å². The fourth-order valence-electron chi connectivity index (χ4n) is 4.12. The van der Waals surface area contributed by atoms with Crippen molar-refractivity contribution in [2.45, 2.75) is 19.5 Å². The lowest BCUT2D eigenvalue weighted by molar-refractivity contribution is 0.269. The Hall–Kier alpha value is -3.49. The van der Waals surface area contributed by atoms with E-state index in [1.165, 1.54) is 11.1 Å². The Morgan fingerprint density at radius 2 is 2.03 bits per heavy atom. The van der Waals surface area contributed by atoms with Crippen molar-refractivity contribution in [2.75, 3.05) is 32.6 Å². The molecule has 5 rings (SSSR count). The summed E-state index contributed by atoms with van der Waals surface area (Å²) in [4.78, 5) is 11.6. The molecule has 3 heterocycles. The minimum Gasteiger partial charge on any atom is -0.495 e. The Labute approximate surface area is 186 Å². The second-order valence-electron chi connectivity index (χ2n) is 8.12. The van der Waals surface area contributed by atoms with E-state index < -0.39 is 0 Å². The third-order valence-corrected chi connectivity index (χ3v) is 5.85. The number of anilines is 2. The molecule has 0 saturated heterocycles. The van der Waals surface area contributed by atoms with Crippen LogP contribution in [-0.4, -0.2) is 57.1 Å². The van der Waals surface area contributed by atoms with Crippen molar-refractivity contribution in [3.8, 4) is 16.9 Å². The zero-order chi connectivity index (χ0) is 22.1. The summed E-state index contributed by atoms with van der Waals surface area (Å²) in [6.07, 6.45) is 6.56. The van der Waals surface area contributed by atoms with Crippen LogP contribution in [0.1, 0.15) is 11.1 Å². The largest absolute Gasteiger partial charge is 0.495 e. The number of aromatic nitrogens is 4. The molecule has 0 spiro atoms. The number of hydrogen-bond donors (Lipinski definition) is 2. The van der Waals surface area contributed by atoms with E-state index in [0.717, 1.165) is 53.0 Å². The van der Waals surface area contributed by atoms with Crippen LogP contribution in [0.3, 0.4) is 0 Å². The zero-order valence-corrected chi connectivity index (χ0v) is 18.2. The summed E-state index contributed by atoms with van der Waals surface area (Å²) in [5.41, 5.74) is 6.32. The van der Waals surface area contributed by atoms with E-state index in [2.05, 4.69) is 39.5 Å². The molecule has 32 heavy (non-hydrogen) atoms. The van der Waals surface area contributed by atoms with E-state index in [1.807, 2.05) is 30.6 Å². The van der Waals surface area contributed by atoms with Crippen LogP contribution in [0.25, 0.3) is 22.0 Å². The summed E-state index contributed by atoms with van der Waals surface area (Å²) in [6.45, 7) is 2.50. The molecule has 1 aliphatic heterocycles. The van der Waals surface area contributed by atoms with Crippen LogP contribution in [-0.2, 0) is 19.5 Å². The summed E-state index contributed by atoms with van der Waals surface area (Å²) in [7, 11) is 3.82. The van der Waals surface area contributed by atoms with E-state index in [-0.39, 0.29) is 6.61 Å². The van der Waals surface area contributed by atoms with Gasteiger partial charge in [-0.25, -0.2) is 9.97 Å². The molecule has 8 nitrogen and oxygen atoms in total. The van der Waals surface area contributed by atoms with Crippen LogP contribution in [0.2, 0.25) is 0 Å². The molecule has 8 heteroatoms. The maximum absolute atomic E-state index is 9.11. The van der Waals surface area contributed by atoms with Gasteiger partial charge in [0.25, 0.3) is 0 Å². The molecule has 2 N–H and O–H groups in total. The van der Waals surface area contributed by atoms with Crippen LogP contribution in [0, 0.1) is 0 Å². The molecule has 0 amide bonds. The van der Waals surface area contributed by atoms with Gasteiger partial charge in [0.15, 0.2) is 0 Å². The summed E-state index contributed by atoms with van der Waals surface area (Å²) >= 11 is 0. The number of hydrogen-bond acceptors (Lipinski definition) is 7. The van der Waals surface area contributed by atoms with E-state index in [4.69, 9.17) is 14.8 Å². The van der Waals surface area contributed by atoms with Crippen LogP contribution < -0.4 is 10.1 Å². The summed E-state index contributed by atoms with van der Waals surface area (Å²) in [6, 6.07) is 10.3. The summed E-state index contributed by atoms with van der Waals surface area (Å²) in [5.74, 6) is 1.31. The number of aliphatic hydroxyl groups excluding tert-OH is 1. The van der Waals surface area contributed by atoms with E-state index in [1.54, 1.807) is 18.0 Å². The van der Waals surface area contributed by atoms with Gasteiger partial charge in [-0.15, -0.1) is 0 Å². The molecule has 4 aromatic rings. The first kappa shape index (κ1) is 20.4. The molecule has 164 valence electrons. The highest BCUT2D eigenvalue weighted by molar-refractivity contribution is 5.84. The van der Waals surface area contributed by atoms with Gasteiger partial charge in [0, 0.05) is 36.4 Å². The zero-order valence-electron chi connectivity index (χ0n) is 18.2. The molecule has 0 aliphatic carbocycles. The number of ether oxygens (including phenoxy) is 1. The number of fused-ring (bicyclic) bond motifs is 2. The third-order valence-electron chi connectivity index (χ3n) is 5.85. The smallest absolute Gasteiger partial charge is 0.227 e. The fraction of sp³-hybridized carbons (Fsp3) is 0.292. The predicted molar refractivity (Wildman–Crippen MR) is 124 cm³/mol. The average molecular weight is 431 g/mol. The first-order chi connectivity index (χ1) is 15.6. The topological polar surface area (TPSA) is 88.3 Å². The number of nitrogens with zero attached hydrogens (tertiary/aromatic N) is 5. The molecule has 0 radical (unpaired) electrons. The van der Waals surface area contributed by atoms with Crippen molar-refractivity contribution in [3.63, 3.8) is 0 Å². The molecule has 0 unspecified atom stereocenters. The maximum atomic E-state index is 9.11. The van der Waals surface area contributed by atoms with Crippen molar-refractivity contribution in [3.05, 3.63) is 60.0 Å². The number of rotatable bonds is 6. The van der Waals surface area contributed by atoms with Gasteiger partial charge >= 0.3 is 0 Å². The second kappa shape index (κ2) is 8.57. The quantitative estimate of drug-likeness (QED) is 0.486. The Balaban J connectivity index is 1.46. The van der Waals surface area contributed by atoms with Gasteiger partial charge in [-0.2, -0.15) is 5.10 Å². The minimum atomic E-state index is 0.0591. The molecule has 1 aliphatic rings. The van der Waals surface area contributed by atoms with E-state index in [9.17, 15) is 0 Å². The lowest BCUT2D eigenvalue weighted by Crippen LogP contribution is -2.26. The van der Waals surface area contributed by atoms with Gasteiger partial charge in [0.2, 0.25) is 5.95 Å². The van der Waals surface area contributed by atoms with Gasteiger partial charge in [0.05, 0.1) is 37.7 Å². The number of nitrogens with one attached hydrogen (secondary N) is 1. The first-order valence-corrected chi connectivity index (χ1v) is 10.7. The predicted octanol–water partition coefficient (Wildman–Crippen LogP) is 3.23. The monoisotopic (exact) mass is 430 g/mol. The Kier molecular flexibility index (Phi) is 5.46. The van der Waals surface area contributed by atoms with Crippen LogP contribution >= 0.6 is 0 Å². The molecule has 0 atom stereocenters. The van der Waals surface area contributed by atoms with Crippen LogP contribution in [0.4, 0.5) is 11.6 Å². The van der Waals surface area contributed by atoms with Gasteiger partial charge in [-0.3, -0.25) is 4.68 Å². The van der Waals surface area contributed by atoms with Gasteiger partial charge in [-0.1, -0.05) is 12.1 Å². The highest BCUT2D eigenvalue weighted by Crippen LogP contribution is 2.33. The SMILES string of the molecule is COc1cc2c(cc1Nc1ncc3ccc(-c4cnn(CCO)c4)cc3n1)CN(C)CC2. The standard InChI is InChI=1S/C24H26N6O2/c1-29-6-5-17-11-23(32-2)22(10-19(17)14-29)28-24-25-12-18-4-3-16(9-21(18)27-24)20-13-26-30(15-20)7-8-31/h3-4,9-13,15,31H,5-8,14H2,1-2H3,(H,25,27,28). The number of aliphatic hydroxyl groups is 1. The highest BCUT2D eigenvalue weighted by Gasteiger charge is 2.17. The van der Waals surface area contributed by atoms with E-state index in [0.29, 0.717) is 12.5 Å². The fourth-order valence-corrected chi connectivity index (χ4v) is 4.12. The van der Waals surface area contributed by atoms with Crippen molar-refractivity contribution in [1.82, 2.24) is 24.6 Å². The highest BCUT2D eigenvalue weighted by atomic mass is 16.5. The van der Waals surface area contributed by atoms with E-state index >= 15 is 0 Å². The van der Waals surface area contributed by atoms with Gasteiger partial charge in [-0.05, 0) is 48.4 Å². The van der Waals surface area contributed by atoms with Crippen molar-refractivity contribution < 1.29 is 9.84 Å².